The first-order valence-electron chi connectivity index (χ1n) is 8.82. The summed E-state index contributed by atoms with van der Waals surface area (Å²) in [6.45, 7) is 3.21. The van der Waals surface area contributed by atoms with E-state index in [1.165, 1.54) is 35.6 Å². The summed E-state index contributed by atoms with van der Waals surface area (Å²) in [6.07, 6.45) is 2.30. The van der Waals surface area contributed by atoms with E-state index in [0.29, 0.717) is 21.6 Å². The Hall–Kier alpha value is -1.94. The number of carbonyl (C=O) groups is 1. The largest absolute Gasteiger partial charge is 0.447 e. The van der Waals surface area contributed by atoms with Crippen molar-refractivity contribution < 1.29 is 17.9 Å². The number of fused-ring (bicyclic) bond motifs is 3. The summed E-state index contributed by atoms with van der Waals surface area (Å²) in [4.78, 5) is 15.6. The van der Waals surface area contributed by atoms with Gasteiger partial charge in [0.2, 0.25) is 10.0 Å². The zero-order valence-corrected chi connectivity index (χ0v) is 16.3. The van der Waals surface area contributed by atoms with E-state index in [1.54, 1.807) is 12.1 Å². The SMILES string of the molecule is NS(=O)(=O)c1ccc(Oc2ccc(C(=O)NC3CN4CCC3CC4)s2)cc1. The minimum Gasteiger partial charge on any atom is -0.447 e. The minimum absolute atomic E-state index is 0.0265. The average molecular weight is 408 g/mol. The van der Waals surface area contributed by atoms with Crippen molar-refractivity contribution in [1.82, 2.24) is 10.2 Å². The maximum atomic E-state index is 12.6. The third-order valence-electron chi connectivity index (χ3n) is 5.15. The lowest BCUT2D eigenvalue weighted by atomic mass is 9.84. The van der Waals surface area contributed by atoms with Crippen molar-refractivity contribution in [3.05, 3.63) is 41.3 Å². The van der Waals surface area contributed by atoms with Crippen molar-refractivity contribution in [1.29, 1.82) is 0 Å². The van der Waals surface area contributed by atoms with E-state index < -0.39 is 10.0 Å². The van der Waals surface area contributed by atoms with Crippen LogP contribution >= 0.6 is 11.3 Å². The quantitative estimate of drug-likeness (QED) is 0.789. The lowest BCUT2D eigenvalue weighted by molar-refractivity contribution is 0.0622. The number of amides is 1. The summed E-state index contributed by atoms with van der Waals surface area (Å²) in [7, 11) is -3.73. The maximum absolute atomic E-state index is 12.6. The molecule has 2 bridgehead atoms. The Morgan fingerprint density at radius 3 is 2.44 bits per heavy atom. The lowest BCUT2D eigenvalue weighted by Gasteiger charge is -2.44. The van der Waals surface area contributed by atoms with Crippen LogP contribution in [-0.2, 0) is 10.0 Å². The molecule has 1 atom stereocenters. The van der Waals surface area contributed by atoms with Crippen molar-refractivity contribution >= 4 is 27.3 Å². The van der Waals surface area contributed by atoms with E-state index in [9.17, 15) is 13.2 Å². The third kappa shape index (κ3) is 4.16. The standard InChI is InChI=1S/C18H21N3O4S2/c19-27(23,24)14-3-1-13(2-4-14)25-17-6-5-16(26-17)18(22)20-15-11-21-9-7-12(15)8-10-21/h1-6,12,15H,7-11H2,(H,20,22)(H2,19,23,24). The summed E-state index contributed by atoms with van der Waals surface area (Å²) in [5.74, 6) is 0.985. The number of hydrogen-bond donors (Lipinski definition) is 2. The van der Waals surface area contributed by atoms with Crippen LogP contribution in [0, 0.1) is 5.92 Å². The van der Waals surface area contributed by atoms with Crippen molar-refractivity contribution in [2.24, 2.45) is 11.1 Å². The highest BCUT2D eigenvalue weighted by molar-refractivity contribution is 7.89. The molecular weight excluding hydrogens is 386 g/mol. The number of nitrogens with two attached hydrogens (primary N) is 1. The number of hydrogen-bond acceptors (Lipinski definition) is 6. The van der Waals surface area contributed by atoms with Gasteiger partial charge in [-0.15, -0.1) is 0 Å². The first-order chi connectivity index (χ1) is 12.9. The number of nitrogens with zero attached hydrogens (tertiary/aromatic N) is 1. The van der Waals surface area contributed by atoms with Gasteiger partial charge in [-0.1, -0.05) is 11.3 Å². The molecule has 0 radical (unpaired) electrons. The number of rotatable bonds is 5. The molecule has 3 aliphatic rings. The van der Waals surface area contributed by atoms with Gasteiger partial charge >= 0.3 is 0 Å². The molecule has 0 saturated carbocycles. The number of primary sulfonamides is 1. The first kappa shape index (κ1) is 18.4. The summed E-state index contributed by atoms with van der Waals surface area (Å²) >= 11 is 1.26. The second kappa shape index (κ2) is 7.23. The molecule has 2 aromatic rings. The van der Waals surface area contributed by atoms with Gasteiger partial charge in [0.05, 0.1) is 9.77 Å². The van der Waals surface area contributed by atoms with Gasteiger partial charge in [0.1, 0.15) is 5.75 Å². The summed E-state index contributed by atoms with van der Waals surface area (Å²) in [5.41, 5.74) is 0. The molecule has 3 fully saturated rings. The van der Waals surface area contributed by atoms with Crippen LogP contribution in [-0.4, -0.2) is 44.9 Å². The monoisotopic (exact) mass is 407 g/mol. The van der Waals surface area contributed by atoms with Gasteiger partial charge in [0.25, 0.3) is 5.91 Å². The van der Waals surface area contributed by atoms with E-state index in [4.69, 9.17) is 9.88 Å². The third-order valence-corrected chi connectivity index (χ3v) is 7.04. The van der Waals surface area contributed by atoms with Gasteiger partial charge in [-0.2, -0.15) is 0 Å². The van der Waals surface area contributed by atoms with Crippen LogP contribution in [0.4, 0.5) is 0 Å². The van der Waals surface area contributed by atoms with Crippen molar-refractivity contribution in [2.45, 2.75) is 23.8 Å². The van der Waals surface area contributed by atoms with E-state index in [1.807, 2.05) is 0 Å². The van der Waals surface area contributed by atoms with Crippen LogP contribution in [0.2, 0.25) is 0 Å². The smallest absolute Gasteiger partial charge is 0.261 e. The number of carbonyl (C=O) groups excluding carboxylic acids is 1. The number of benzene rings is 1. The summed E-state index contributed by atoms with van der Waals surface area (Å²) < 4.78 is 28.3. The minimum atomic E-state index is -3.73. The van der Waals surface area contributed by atoms with Gasteiger partial charge in [0.15, 0.2) is 5.06 Å². The molecule has 3 saturated heterocycles. The molecule has 5 rings (SSSR count). The van der Waals surface area contributed by atoms with Crippen molar-refractivity contribution in [3.8, 4) is 10.8 Å². The molecule has 1 aromatic heterocycles. The summed E-state index contributed by atoms with van der Waals surface area (Å²) in [6, 6.07) is 9.55. The number of ether oxygens (including phenoxy) is 1. The molecule has 0 aliphatic carbocycles. The fourth-order valence-corrected chi connectivity index (χ4v) is 4.97. The molecule has 0 spiro atoms. The van der Waals surface area contributed by atoms with Gasteiger partial charge in [-0.3, -0.25) is 4.79 Å². The number of nitrogens with one attached hydrogen (secondary N) is 1. The Morgan fingerprint density at radius 2 is 1.85 bits per heavy atom. The normalized spacial score (nSPS) is 24.6. The molecular formula is C18H21N3O4S2. The Balaban J connectivity index is 1.39. The Labute approximate surface area is 162 Å². The molecule has 27 heavy (non-hydrogen) atoms. The van der Waals surface area contributed by atoms with Crippen molar-refractivity contribution in [2.75, 3.05) is 19.6 Å². The highest BCUT2D eigenvalue weighted by Gasteiger charge is 2.35. The molecule has 4 heterocycles. The van der Waals surface area contributed by atoms with Gasteiger partial charge < -0.3 is 15.0 Å². The second-order valence-corrected chi connectivity index (χ2v) is 9.56. The highest BCUT2D eigenvalue weighted by atomic mass is 32.2. The zero-order chi connectivity index (χ0) is 19.0. The van der Waals surface area contributed by atoms with E-state index >= 15 is 0 Å². The molecule has 1 amide bonds. The predicted octanol–water partition coefficient (Wildman–Crippen LogP) is 2.01. The van der Waals surface area contributed by atoms with Crippen LogP contribution in [0.3, 0.4) is 0 Å². The molecule has 1 unspecified atom stereocenters. The Bertz CT molecular complexity index is 932. The van der Waals surface area contributed by atoms with Crippen LogP contribution in [0.25, 0.3) is 0 Å². The first-order valence-corrected chi connectivity index (χ1v) is 11.2. The second-order valence-electron chi connectivity index (χ2n) is 6.96. The molecule has 3 N–H and O–H groups in total. The highest BCUT2D eigenvalue weighted by Crippen LogP contribution is 2.31. The molecule has 3 aliphatic heterocycles. The fraction of sp³-hybridized carbons (Fsp3) is 0.389. The predicted molar refractivity (Wildman–Crippen MR) is 103 cm³/mol. The van der Waals surface area contributed by atoms with Crippen LogP contribution < -0.4 is 15.2 Å². The number of piperidine rings is 3. The molecule has 144 valence electrons. The molecule has 1 aromatic carbocycles. The van der Waals surface area contributed by atoms with Gasteiger partial charge in [-0.05, 0) is 68.2 Å². The van der Waals surface area contributed by atoms with Crippen molar-refractivity contribution in [3.63, 3.8) is 0 Å². The maximum Gasteiger partial charge on any atom is 0.261 e. The topological polar surface area (TPSA) is 102 Å². The van der Waals surface area contributed by atoms with E-state index in [-0.39, 0.29) is 16.8 Å². The van der Waals surface area contributed by atoms with Crippen LogP contribution in [0.1, 0.15) is 22.5 Å². The number of sulfonamides is 1. The van der Waals surface area contributed by atoms with E-state index in [2.05, 4.69) is 10.2 Å². The average Bonchev–Trinajstić information content (AvgIpc) is 3.11. The summed E-state index contributed by atoms with van der Waals surface area (Å²) in [5, 5.41) is 8.81. The van der Waals surface area contributed by atoms with Gasteiger partial charge in [0, 0.05) is 12.6 Å². The fourth-order valence-electron chi connectivity index (χ4n) is 3.68. The number of thiophene rings is 1. The van der Waals surface area contributed by atoms with Crippen LogP contribution in [0.5, 0.6) is 10.8 Å². The Kier molecular flexibility index (Phi) is 4.94. The molecule has 7 nitrogen and oxygen atoms in total. The Morgan fingerprint density at radius 1 is 1.15 bits per heavy atom. The molecule has 9 heteroatoms. The zero-order valence-electron chi connectivity index (χ0n) is 14.6. The van der Waals surface area contributed by atoms with Crippen LogP contribution in [0.15, 0.2) is 41.3 Å². The lowest BCUT2D eigenvalue weighted by Crippen LogP contribution is -2.57. The van der Waals surface area contributed by atoms with Gasteiger partial charge in [-0.25, -0.2) is 13.6 Å². The van der Waals surface area contributed by atoms with E-state index in [0.717, 1.165) is 32.5 Å².